The molecule has 1 aliphatic heterocycles. The number of amides is 1. The van der Waals surface area contributed by atoms with Crippen LogP contribution in [0, 0.1) is 11.7 Å². The molecule has 3 heterocycles. The first-order valence-electron chi connectivity index (χ1n) is 11.0. The number of nitrogens with zero attached hydrogens (tertiary/aromatic N) is 3. The predicted molar refractivity (Wildman–Crippen MR) is 124 cm³/mol. The van der Waals surface area contributed by atoms with Gasteiger partial charge in [-0.3, -0.25) is 4.79 Å². The van der Waals surface area contributed by atoms with E-state index in [0.29, 0.717) is 34.8 Å². The van der Waals surface area contributed by atoms with E-state index < -0.39 is 0 Å². The Hall–Kier alpha value is -2.97. The van der Waals surface area contributed by atoms with Crippen molar-refractivity contribution in [2.45, 2.75) is 12.8 Å². The Labute approximate surface area is 187 Å². The minimum atomic E-state index is -0.370. The van der Waals surface area contributed by atoms with Crippen LogP contribution in [0.2, 0.25) is 0 Å². The summed E-state index contributed by atoms with van der Waals surface area (Å²) in [4.78, 5) is 22.7. The van der Waals surface area contributed by atoms with Gasteiger partial charge in [0.05, 0.1) is 12.7 Å². The second-order valence-corrected chi connectivity index (χ2v) is 8.42. The first kappa shape index (κ1) is 22.2. The molecule has 0 atom stereocenters. The number of fused-ring (bicyclic) bond motifs is 1. The lowest BCUT2D eigenvalue weighted by Gasteiger charge is -2.32. The van der Waals surface area contributed by atoms with E-state index in [1.54, 1.807) is 30.5 Å². The first-order chi connectivity index (χ1) is 15.6. The van der Waals surface area contributed by atoms with Crippen LogP contribution in [0.4, 0.5) is 10.2 Å². The molecule has 32 heavy (non-hydrogen) atoms. The molecule has 170 valence electrons. The number of aromatic nitrogens is 2. The Morgan fingerprint density at radius 1 is 1.22 bits per heavy atom. The topological polar surface area (TPSA) is 73.5 Å². The maximum Gasteiger partial charge on any atom is 0.212 e. The molecular weight excluding hydrogens is 409 g/mol. The van der Waals surface area contributed by atoms with Crippen molar-refractivity contribution in [2.24, 2.45) is 5.92 Å². The van der Waals surface area contributed by atoms with Crippen molar-refractivity contribution in [1.82, 2.24) is 19.8 Å². The highest BCUT2D eigenvalue weighted by atomic mass is 19.1. The number of piperazine rings is 1. The number of methoxy groups -OCH3 is 1. The van der Waals surface area contributed by atoms with Gasteiger partial charge in [-0.15, -0.1) is 0 Å². The van der Waals surface area contributed by atoms with E-state index >= 15 is 0 Å². The van der Waals surface area contributed by atoms with E-state index in [9.17, 15) is 9.18 Å². The molecule has 0 spiro atoms. The van der Waals surface area contributed by atoms with Crippen molar-refractivity contribution < 1.29 is 13.9 Å². The molecule has 2 aliphatic rings. The molecule has 1 saturated heterocycles. The Morgan fingerprint density at radius 3 is 2.69 bits per heavy atom. The van der Waals surface area contributed by atoms with Crippen LogP contribution in [-0.4, -0.2) is 73.1 Å². The third-order valence-electron chi connectivity index (χ3n) is 6.02. The number of hydrogen-bond donors (Lipinski definition) is 2. The molecule has 3 aromatic rings. The normalized spacial score (nSPS) is 17.0. The molecule has 1 aliphatic carbocycles. The van der Waals surface area contributed by atoms with Crippen LogP contribution >= 0.6 is 0 Å². The van der Waals surface area contributed by atoms with Gasteiger partial charge in [0.25, 0.3) is 0 Å². The fourth-order valence-electron chi connectivity index (χ4n) is 3.98. The number of anilines is 1. The van der Waals surface area contributed by atoms with Gasteiger partial charge < -0.3 is 24.8 Å². The van der Waals surface area contributed by atoms with E-state index in [0.717, 1.165) is 11.3 Å². The molecule has 1 amide bonds. The molecule has 1 saturated carbocycles. The van der Waals surface area contributed by atoms with Crippen molar-refractivity contribution in [3.05, 3.63) is 42.3 Å². The SMILES string of the molecule is CN1CCN(CC2CC2)CC1.COc1cccc(F)c1-c1c[nH]c2nc(NC=O)ccc12. The van der Waals surface area contributed by atoms with Crippen LogP contribution in [0.5, 0.6) is 5.75 Å². The van der Waals surface area contributed by atoms with Gasteiger partial charge in [0, 0.05) is 49.9 Å². The van der Waals surface area contributed by atoms with Crippen molar-refractivity contribution in [1.29, 1.82) is 0 Å². The lowest BCUT2D eigenvalue weighted by Crippen LogP contribution is -2.45. The third-order valence-corrected chi connectivity index (χ3v) is 6.02. The third kappa shape index (κ3) is 5.26. The van der Waals surface area contributed by atoms with E-state index in [-0.39, 0.29) is 5.82 Å². The summed E-state index contributed by atoms with van der Waals surface area (Å²) >= 11 is 0. The summed E-state index contributed by atoms with van der Waals surface area (Å²) in [5.74, 6) is 1.57. The number of nitrogens with one attached hydrogen (secondary N) is 2. The number of aromatic amines is 1. The van der Waals surface area contributed by atoms with Crippen LogP contribution in [0.1, 0.15) is 12.8 Å². The molecule has 5 rings (SSSR count). The molecule has 2 aromatic heterocycles. The highest BCUT2D eigenvalue weighted by Gasteiger charge is 2.25. The molecule has 0 radical (unpaired) electrons. The Morgan fingerprint density at radius 2 is 2.00 bits per heavy atom. The van der Waals surface area contributed by atoms with Gasteiger partial charge in [0.15, 0.2) is 0 Å². The molecule has 2 fully saturated rings. The summed E-state index contributed by atoms with van der Waals surface area (Å²) in [6.07, 6.45) is 5.21. The maximum atomic E-state index is 14.2. The second kappa shape index (κ2) is 10.1. The van der Waals surface area contributed by atoms with Crippen LogP contribution in [-0.2, 0) is 4.79 Å². The van der Waals surface area contributed by atoms with E-state index in [2.05, 4.69) is 32.1 Å². The molecular formula is C24H30FN5O2. The molecule has 0 bridgehead atoms. The zero-order valence-corrected chi connectivity index (χ0v) is 18.6. The van der Waals surface area contributed by atoms with Gasteiger partial charge in [0.2, 0.25) is 6.41 Å². The number of likely N-dealkylation sites (N-methyl/N-ethyl adjacent to an activating group) is 1. The smallest absolute Gasteiger partial charge is 0.212 e. The summed E-state index contributed by atoms with van der Waals surface area (Å²) in [5, 5.41) is 3.22. The number of pyridine rings is 1. The standard InChI is InChI=1S/C15H12FN3O2.C9H18N2/c1-21-12-4-2-3-11(16)14(12)10-7-17-15-9(10)5-6-13(19-15)18-8-20;1-10-4-6-11(7-5-10)8-9-2-3-9/h2-8H,1H3,(H2,17,18,19,20);9H,2-8H2,1H3. The Bertz CT molecular complexity index is 1060. The zero-order chi connectivity index (χ0) is 22.5. The maximum absolute atomic E-state index is 14.2. The number of hydrogen-bond acceptors (Lipinski definition) is 5. The minimum Gasteiger partial charge on any atom is -0.496 e. The first-order valence-corrected chi connectivity index (χ1v) is 11.0. The van der Waals surface area contributed by atoms with Crippen molar-refractivity contribution in [2.75, 3.05) is 52.2 Å². The molecule has 0 unspecified atom stereocenters. The predicted octanol–water partition coefficient (Wildman–Crippen LogP) is 3.59. The van der Waals surface area contributed by atoms with Crippen LogP contribution in [0.3, 0.4) is 0 Å². The quantitative estimate of drug-likeness (QED) is 0.575. The minimum absolute atomic E-state index is 0.370. The Kier molecular flexibility index (Phi) is 7.02. The lowest BCUT2D eigenvalue weighted by atomic mass is 10.0. The van der Waals surface area contributed by atoms with E-state index in [1.807, 2.05) is 0 Å². The van der Waals surface area contributed by atoms with Gasteiger partial charge in [0.1, 0.15) is 23.0 Å². The lowest BCUT2D eigenvalue weighted by molar-refractivity contribution is -0.105. The molecule has 1 aromatic carbocycles. The molecule has 2 N–H and O–H groups in total. The van der Waals surface area contributed by atoms with E-state index in [1.165, 1.54) is 58.7 Å². The summed E-state index contributed by atoms with van der Waals surface area (Å²) in [5.41, 5.74) is 1.59. The van der Waals surface area contributed by atoms with Crippen LogP contribution < -0.4 is 10.1 Å². The summed E-state index contributed by atoms with van der Waals surface area (Å²) < 4.78 is 19.4. The average Bonchev–Trinajstić information content (AvgIpc) is 3.53. The zero-order valence-electron chi connectivity index (χ0n) is 18.6. The van der Waals surface area contributed by atoms with Crippen LogP contribution in [0.15, 0.2) is 36.5 Å². The second-order valence-electron chi connectivity index (χ2n) is 8.42. The van der Waals surface area contributed by atoms with Gasteiger partial charge in [-0.25, -0.2) is 9.37 Å². The van der Waals surface area contributed by atoms with Crippen LogP contribution in [0.25, 0.3) is 22.2 Å². The van der Waals surface area contributed by atoms with Gasteiger partial charge in [-0.05, 0) is 50.1 Å². The number of carbonyl (C=O) groups is 1. The fraction of sp³-hybridized carbons (Fsp3) is 0.417. The number of ether oxygens (including phenoxy) is 1. The number of benzene rings is 1. The van der Waals surface area contributed by atoms with Crippen molar-refractivity contribution in [3.8, 4) is 16.9 Å². The molecule has 8 heteroatoms. The number of halogens is 1. The fourth-order valence-corrected chi connectivity index (χ4v) is 3.98. The summed E-state index contributed by atoms with van der Waals surface area (Å²) in [7, 11) is 3.71. The summed E-state index contributed by atoms with van der Waals surface area (Å²) in [6, 6.07) is 8.10. The monoisotopic (exact) mass is 439 g/mol. The van der Waals surface area contributed by atoms with Gasteiger partial charge in [-0.1, -0.05) is 6.07 Å². The Balaban J connectivity index is 0.000000186. The number of H-pyrrole nitrogens is 1. The van der Waals surface area contributed by atoms with Gasteiger partial charge >= 0.3 is 0 Å². The van der Waals surface area contributed by atoms with Gasteiger partial charge in [-0.2, -0.15) is 0 Å². The summed E-state index contributed by atoms with van der Waals surface area (Å²) in [6.45, 7) is 6.52. The highest BCUT2D eigenvalue weighted by Crippen LogP contribution is 2.36. The van der Waals surface area contributed by atoms with E-state index in [4.69, 9.17) is 4.74 Å². The number of rotatable bonds is 6. The average molecular weight is 440 g/mol. The number of carbonyl (C=O) groups excluding carboxylic acids is 1. The van der Waals surface area contributed by atoms with Crippen molar-refractivity contribution >= 4 is 23.3 Å². The largest absolute Gasteiger partial charge is 0.496 e. The molecule has 7 nitrogen and oxygen atoms in total. The highest BCUT2D eigenvalue weighted by molar-refractivity contribution is 5.96. The van der Waals surface area contributed by atoms with Crippen molar-refractivity contribution in [3.63, 3.8) is 0 Å².